The molecular weight excluding hydrogens is 226 g/mol. The minimum absolute atomic E-state index is 0.0149. The Morgan fingerprint density at radius 2 is 1.78 bits per heavy atom. The van der Waals surface area contributed by atoms with Gasteiger partial charge in [-0.15, -0.1) is 6.58 Å². The standard InChI is InChI=1S/C15H25NO2/c1-7-8-12(13(17)18)11-9-14(2,3)16(6)15(4,5)10-11/h7H,1,8-10H2,2-6H3,(H,17,18). The van der Waals surface area contributed by atoms with E-state index in [-0.39, 0.29) is 11.1 Å². The maximum atomic E-state index is 11.4. The molecule has 102 valence electrons. The molecule has 0 aromatic carbocycles. The van der Waals surface area contributed by atoms with Crippen LogP contribution < -0.4 is 0 Å². The first-order valence-corrected chi connectivity index (χ1v) is 6.41. The van der Waals surface area contributed by atoms with E-state index < -0.39 is 5.97 Å². The molecule has 0 aliphatic carbocycles. The van der Waals surface area contributed by atoms with Crippen LogP contribution in [0.1, 0.15) is 47.0 Å². The summed E-state index contributed by atoms with van der Waals surface area (Å²) in [5.74, 6) is -0.805. The molecule has 0 saturated carbocycles. The Morgan fingerprint density at radius 1 is 1.33 bits per heavy atom. The highest BCUT2D eigenvalue weighted by Gasteiger charge is 2.41. The number of hydrogen-bond acceptors (Lipinski definition) is 2. The van der Waals surface area contributed by atoms with Gasteiger partial charge >= 0.3 is 5.97 Å². The molecular formula is C15H25NO2. The van der Waals surface area contributed by atoms with Gasteiger partial charge in [-0.05, 0) is 54.0 Å². The van der Waals surface area contributed by atoms with Crippen molar-refractivity contribution in [1.82, 2.24) is 4.90 Å². The Balaban J connectivity index is 3.22. The van der Waals surface area contributed by atoms with E-state index in [1.807, 2.05) is 0 Å². The van der Waals surface area contributed by atoms with Crippen molar-refractivity contribution in [2.45, 2.75) is 58.0 Å². The van der Waals surface area contributed by atoms with Gasteiger partial charge in [0.1, 0.15) is 0 Å². The largest absolute Gasteiger partial charge is 0.478 e. The summed E-state index contributed by atoms with van der Waals surface area (Å²) < 4.78 is 0. The van der Waals surface area contributed by atoms with Gasteiger partial charge in [-0.1, -0.05) is 11.6 Å². The third kappa shape index (κ3) is 2.83. The van der Waals surface area contributed by atoms with Crippen molar-refractivity contribution in [2.75, 3.05) is 7.05 Å². The third-order valence-corrected chi connectivity index (χ3v) is 4.14. The second-order valence-electron chi connectivity index (χ2n) is 6.42. The lowest BCUT2D eigenvalue weighted by Crippen LogP contribution is -2.57. The van der Waals surface area contributed by atoms with Gasteiger partial charge < -0.3 is 5.11 Å². The molecule has 1 aliphatic heterocycles. The highest BCUT2D eigenvalue weighted by molar-refractivity contribution is 5.88. The molecule has 0 atom stereocenters. The lowest BCUT2D eigenvalue weighted by molar-refractivity contribution is -0.132. The Labute approximate surface area is 110 Å². The van der Waals surface area contributed by atoms with E-state index in [1.165, 1.54) is 0 Å². The van der Waals surface area contributed by atoms with E-state index in [0.29, 0.717) is 12.0 Å². The molecule has 1 rings (SSSR count). The third-order valence-electron chi connectivity index (χ3n) is 4.14. The number of carbonyl (C=O) groups is 1. The highest BCUT2D eigenvalue weighted by Crippen LogP contribution is 2.41. The van der Waals surface area contributed by atoms with Crippen LogP contribution in [0, 0.1) is 0 Å². The molecule has 0 radical (unpaired) electrons. The topological polar surface area (TPSA) is 40.5 Å². The summed E-state index contributed by atoms with van der Waals surface area (Å²) in [5, 5.41) is 9.34. The van der Waals surface area contributed by atoms with Gasteiger partial charge in [0.15, 0.2) is 0 Å². The summed E-state index contributed by atoms with van der Waals surface area (Å²) in [6.45, 7) is 12.3. The molecule has 0 spiro atoms. The van der Waals surface area contributed by atoms with E-state index >= 15 is 0 Å². The minimum atomic E-state index is -0.805. The number of carboxylic acid groups (broad SMARTS) is 1. The summed E-state index contributed by atoms with van der Waals surface area (Å²) in [6, 6.07) is 0. The smallest absolute Gasteiger partial charge is 0.331 e. The van der Waals surface area contributed by atoms with Crippen LogP contribution in [0.5, 0.6) is 0 Å². The first-order chi connectivity index (χ1) is 8.12. The van der Waals surface area contributed by atoms with Crippen LogP contribution >= 0.6 is 0 Å². The number of allylic oxidation sites excluding steroid dienone is 1. The van der Waals surface area contributed by atoms with Crippen molar-refractivity contribution in [3.8, 4) is 0 Å². The number of nitrogens with zero attached hydrogens (tertiary/aromatic N) is 1. The molecule has 1 fully saturated rings. The van der Waals surface area contributed by atoms with Gasteiger partial charge in [0, 0.05) is 16.7 Å². The molecule has 1 N–H and O–H groups in total. The summed E-state index contributed by atoms with van der Waals surface area (Å²) in [6.07, 6.45) is 3.74. The number of hydrogen-bond donors (Lipinski definition) is 1. The van der Waals surface area contributed by atoms with E-state index in [1.54, 1.807) is 6.08 Å². The zero-order valence-electron chi connectivity index (χ0n) is 12.2. The predicted octanol–water partition coefficient (Wildman–Crippen LogP) is 3.23. The van der Waals surface area contributed by atoms with Crippen LogP contribution in [0.15, 0.2) is 23.8 Å². The summed E-state index contributed by atoms with van der Waals surface area (Å²) in [7, 11) is 2.12. The number of carboxylic acids is 1. The monoisotopic (exact) mass is 251 g/mol. The minimum Gasteiger partial charge on any atom is -0.478 e. The van der Waals surface area contributed by atoms with Gasteiger partial charge in [0.05, 0.1) is 0 Å². The van der Waals surface area contributed by atoms with Crippen molar-refractivity contribution in [1.29, 1.82) is 0 Å². The Morgan fingerprint density at radius 3 is 2.11 bits per heavy atom. The molecule has 0 bridgehead atoms. The van der Waals surface area contributed by atoms with Gasteiger partial charge in [0.25, 0.3) is 0 Å². The average molecular weight is 251 g/mol. The van der Waals surface area contributed by atoms with Crippen molar-refractivity contribution < 1.29 is 9.90 Å². The van der Waals surface area contributed by atoms with Crippen molar-refractivity contribution in [3.05, 3.63) is 23.8 Å². The first-order valence-electron chi connectivity index (χ1n) is 6.41. The molecule has 1 heterocycles. The van der Waals surface area contributed by atoms with Crippen LogP contribution in [0.3, 0.4) is 0 Å². The lowest BCUT2D eigenvalue weighted by Gasteiger charge is -2.52. The Kier molecular flexibility index (Phi) is 4.06. The van der Waals surface area contributed by atoms with Crippen LogP contribution in [0.2, 0.25) is 0 Å². The van der Waals surface area contributed by atoms with Gasteiger partial charge in [-0.2, -0.15) is 0 Å². The van der Waals surface area contributed by atoms with Gasteiger partial charge in [0.2, 0.25) is 0 Å². The number of rotatable bonds is 3. The molecule has 3 heteroatoms. The fraction of sp³-hybridized carbons (Fsp3) is 0.667. The van der Waals surface area contributed by atoms with Crippen molar-refractivity contribution in [3.63, 3.8) is 0 Å². The van der Waals surface area contributed by atoms with E-state index in [9.17, 15) is 9.90 Å². The van der Waals surface area contributed by atoms with Crippen LogP contribution in [0.25, 0.3) is 0 Å². The zero-order valence-corrected chi connectivity index (χ0v) is 12.2. The summed E-state index contributed by atoms with van der Waals surface area (Å²) >= 11 is 0. The molecule has 18 heavy (non-hydrogen) atoms. The molecule has 1 saturated heterocycles. The van der Waals surface area contributed by atoms with Gasteiger partial charge in [-0.3, -0.25) is 4.90 Å². The van der Waals surface area contributed by atoms with Crippen LogP contribution in [-0.2, 0) is 4.79 Å². The van der Waals surface area contributed by atoms with Crippen molar-refractivity contribution >= 4 is 5.97 Å². The summed E-state index contributed by atoms with van der Waals surface area (Å²) in [4.78, 5) is 13.7. The second kappa shape index (κ2) is 4.88. The fourth-order valence-corrected chi connectivity index (χ4v) is 2.90. The summed E-state index contributed by atoms with van der Waals surface area (Å²) in [5.41, 5.74) is 1.56. The van der Waals surface area contributed by atoms with E-state index in [0.717, 1.165) is 18.4 Å². The van der Waals surface area contributed by atoms with Crippen LogP contribution in [0.4, 0.5) is 0 Å². The van der Waals surface area contributed by atoms with E-state index in [2.05, 4.69) is 46.2 Å². The van der Waals surface area contributed by atoms with Gasteiger partial charge in [-0.25, -0.2) is 4.79 Å². The lowest BCUT2D eigenvalue weighted by atomic mass is 9.75. The normalized spacial score (nSPS) is 22.6. The molecule has 0 unspecified atom stereocenters. The average Bonchev–Trinajstić information content (AvgIpc) is 2.21. The number of likely N-dealkylation sites (tertiary alicyclic amines) is 1. The molecule has 3 nitrogen and oxygen atoms in total. The number of piperidine rings is 1. The first kappa shape index (κ1) is 15.0. The molecule has 0 aromatic rings. The zero-order chi connectivity index (χ0) is 14.1. The van der Waals surface area contributed by atoms with Crippen molar-refractivity contribution in [2.24, 2.45) is 0 Å². The Hall–Kier alpha value is -1.09. The highest BCUT2D eigenvalue weighted by atomic mass is 16.4. The van der Waals surface area contributed by atoms with E-state index in [4.69, 9.17) is 0 Å². The quantitative estimate of drug-likeness (QED) is 0.618. The van der Waals surface area contributed by atoms with Crippen LogP contribution in [-0.4, -0.2) is 34.1 Å². The fourth-order valence-electron chi connectivity index (χ4n) is 2.90. The maximum absolute atomic E-state index is 11.4. The maximum Gasteiger partial charge on any atom is 0.331 e. The molecule has 0 aromatic heterocycles. The predicted molar refractivity (Wildman–Crippen MR) is 74.6 cm³/mol. The molecule has 1 aliphatic rings. The Bertz CT molecular complexity index is 371. The molecule has 0 amide bonds. The number of aliphatic carboxylic acids is 1. The SMILES string of the molecule is C=CCC(C(=O)O)=C1CC(C)(C)N(C)C(C)(C)C1. The second-order valence-corrected chi connectivity index (χ2v) is 6.42.